The Hall–Kier alpha value is -3.85. The van der Waals surface area contributed by atoms with Gasteiger partial charge in [-0.1, -0.05) is 0 Å². The second-order valence-corrected chi connectivity index (χ2v) is 8.72. The number of ether oxygens (including phenoxy) is 1. The normalized spacial score (nSPS) is 18.1. The number of aliphatic hydroxyl groups is 1. The van der Waals surface area contributed by atoms with Gasteiger partial charge < -0.3 is 24.5 Å². The Bertz CT molecular complexity index is 1440. The number of carbonyl (C=O) groups is 2. The van der Waals surface area contributed by atoms with Crippen LogP contribution < -0.4 is 10.1 Å². The predicted octanol–water partition coefficient (Wildman–Crippen LogP) is 3.44. The molecule has 1 aromatic carbocycles. The predicted molar refractivity (Wildman–Crippen MR) is 125 cm³/mol. The molecule has 9 nitrogen and oxygen atoms in total. The topological polar surface area (TPSA) is 109 Å². The lowest BCUT2D eigenvalue weighted by molar-refractivity contribution is 0.0725. The number of nitrogens with zero attached hydrogens (tertiary/aromatic N) is 3. The van der Waals surface area contributed by atoms with Gasteiger partial charge in [0.15, 0.2) is 5.75 Å². The van der Waals surface area contributed by atoms with Crippen molar-refractivity contribution in [1.29, 1.82) is 0 Å². The molecule has 1 saturated heterocycles. The molecule has 4 heterocycles. The van der Waals surface area contributed by atoms with E-state index in [-0.39, 0.29) is 17.9 Å². The molecule has 5 rings (SSSR count). The fourth-order valence-electron chi connectivity index (χ4n) is 4.76. The molecule has 3 aromatic heterocycles. The fraction of sp³-hybridized carbons (Fsp3) is 0.320. The van der Waals surface area contributed by atoms with Crippen LogP contribution in [-0.2, 0) is 0 Å². The van der Waals surface area contributed by atoms with Crippen molar-refractivity contribution in [1.82, 2.24) is 19.8 Å². The summed E-state index contributed by atoms with van der Waals surface area (Å²) >= 11 is 0. The van der Waals surface area contributed by atoms with Crippen LogP contribution in [0.4, 0.5) is 0 Å². The first-order valence-electron chi connectivity index (χ1n) is 11.2. The summed E-state index contributed by atoms with van der Waals surface area (Å²) in [5.41, 5.74) is 3.00. The molecule has 9 heteroatoms. The summed E-state index contributed by atoms with van der Waals surface area (Å²) in [6.07, 6.45) is 3.38. The molecule has 0 bridgehead atoms. The Balaban J connectivity index is 1.51. The van der Waals surface area contributed by atoms with Gasteiger partial charge in [-0.15, -0.1) is 0 Å². The van der Waals surface area contributed by atoms with Gasteiger partial charge in [0, 0.05) is 43.4 Å². The van der Waals surface area contributed by atoms with Crippen molar-refractivity contribution in [3.05, 3.63) is 59.1 Å². The first-order valence-corrected chi connectivity index (χ1v) is 11.2. The second kappa shape index (κ2) is 8.18. The number of furan rings is 1. The smallest absolute Gasteiger partial charge is 0.256 e. The lowest BCUT2D eigenvalue weighted by Crippen LogP contribution is -2.34. The second-order valence-electron chi connectivity index (χ2n) is 8.72. The number of hydrogen-bond donors (Lipinski definition) is 2. The summed E-state index contributed by atoms with van der Waals surface area (Å²) in [5.74, 6) is 1.26. The van der Waals surface area contributed by atoms with Gasteiger partial charge in [0.1, 0.15) is 22.6 Å². The number of aliphatic hydroxyl groups excluding tert-OH is 1. The van der Waals surface area contributed by atoms with E-state index in [1.807, 2.05) is 13.8 Å². The van der Waals surface area contributed by atoms with E-state index in [2.05, 4.69) is 10.4 Å². The number of aryl methyl sites for hydroxylation is 2. The maximum atomic E-state index is 13.2. The summed E-state index contributed by atoms with van der Waals surface area (Å²) in [5, 5.41) is 17.7. The number of fused-ring (bicyclic) bond motifs is 2. The Morgan fingerprint density at radius 2 is 2.06 bits per heavy atom. The van der Waals surface area contributed by atoms with Crippen LogP contribution in [-0.4, -0.2) is 57.2 Å². The molecule has 34 heavy (non-hydrogen) atoms. The van der Waals surface area contributed by atoms with Crippen LogP contribution in [0.15, 0.2) is 41.1 Å². The fourth-order valence-corrected chi connectivity index (χ4v) is 4.76. The highest BCUT2D eigenvalue weighted by Gasteiger charge is 2.33. The number of carbonyl (C=O) groups excluding carboxylic acids is 2. The number of amides is 2. The summed E-state index contributed by atoms with van der Waals surface area (Å²) in [6.45, 7) is 5.88. The van der Waals surface area contributed by atoms with Crippen LogP contribution >= 0.6 is 0 Å². The third-order valence-electron chi connectivity index (χ3n) is 6.45. The quantitative estimate of drug-likeness (QED) is 0.481. The number of likely N-dealkylation sites (tertiary alicyclic amines) is 1. The van der Waals surface area contributed by atoms with Crippen LogP contribution in [0.3, 0.4) is 0 Å². The molecule has 1 aliphatic heterocycles. The number of hydrogen-bond acceptors (Lipinski definition) is 6. The van der Waals surface area contributed by atoms with E-state index in [1.54, 1.807) is 60.0 Å². The minimum atomic E-state index is -0.502. The Kier molecular flexibility index (Phi) is 5.28. The van der Waals surface area contributed by atoms with Crippen LogP contribution in [0, 0.1) is 13.8 Å². The third kappa shape index (κ3) is 3.49. The van der Waals surface area contributed by atoms with Crippen molar-refractivity contribution in [2.75, 3.05) is 13.6 Å². The van der Waals surface area contributed by atoms with Crippen molar-refractivity contribution >= 4 is 28.3 Å². The molecule has 4 aromatic rings. The Labute approximate surface area is 195 Å². The minimum Gasteiger partial charge on any atom is -0.460 e. The van der Waals surface area contributed by atoms with Crippen molar-refractivity contribution in [3.8, 4) is 11.5 Å². The van der Waals surface area contributed by atoms with E-state index in [0.717, 1.165) is 5.56 Å². The van der Waals surface area contributed by atoms with E-state index < -0.39 is 6.10 Å². The Morgan fingerprint density at radius 3 is 2.76 bits per heavy atom. The summed E-state index contributed by atoms with van der Waals surface area (Å²) in [6, 6.07) is 7.02. The van der Waals surface area contributed by atoms with Gasteiger partial charge in [0.2, 0.25) is 0 Å². The standard InChI is InChI=1S/C25H26N4O5/c1-13-9-16(30)11-28(13)25(32)19-12-29-23(14(19)2)20(7-8-27-29)34-17-5-6-18-21(10-17)33-15(3)22(18)24(31)26-4/h5-8,10,12-13,16,30H,9,11H2,1-4H3,(H,26,31)/t13-,16-/m1/s1. The Morgan fingerprint density at radius 1 is 1.26 bits per heavy atom. The van der Waals surface area contributed by atoms with Gasteiger partial charge >= 0.3 is 0 Å². The minimum absolute atomic E-state index is 0.0308. The van der Waals surface area contributed by atoms with Crippen LogP contribution in [0.5, 0.6) is 11.5 Å². The number of aromatic nitrogens is 2. The summed E-state index contributed by atoms with van der Waals surface area (Å²) in [7, 11) is 1.58. The molecule has 0 unspecified atom stereocenters. The van der Waals surface area contributed by atoms with Crippen LogP contribution in [0.1, 0.15) is 45.4 Å². The van der Waals surface area contributed by atoms with Gasteiger partial charge in [-0.25, -0.2) is 4.52 Å². The SMILES string of the molecule is CNC(=O)c1c(C)oc2cc(Oc3ccnn4cc(C(=O)N5C[C@H](O)C[C@H]5C)c(C)c34)ccc12. The molecule has 0 radical (unpaired) electrons. The number of β-amino-alcohol motifs (C(OH)–C–C–N with tert-alkyl or cyclic N) is 1. The van der Waals surface area contributed by atoms with Crippen molar-refractivity contribution in [2.45, 2.75) is 39.3 Å². The molecule has 0 spiro atoms. The molecule has 0 saturated carbocycles. The van der Waals surface area contributed by atoms with Gasteiger partial charge in [0.05, 0.1) is 23.4 Å². The summed E-state index contributed by atoms with van der Waals surface area (Å²) in [4.78, 5) is 27.1. The first kappa shape index (κ1) is 22.0. The lowest BCUT2D eigenvalue weighted by atomic mass is 10.1. The molecule has 0 aliphatic carbocycles. The van der Waals surface area contributed by atoms with E-state index in [0.29, 0.717) is 57.8 Å². The van der Waals surface area contributed by atoms with Crippen LogP contribution in [0.2, 0.25) is 0 Å². The average molecular weight is 463 g/mol. The van der Waals surface area contributed by atoms with Crippen molar-refractivity contribution in [3.63, 3.8) is 0 Å². The lowest BCUT2D eigenvalue weighted by Gasteiger charge is -2.20. The van der Waals surface area contributed by atoms with Gasteiger partial charge in [-0.05, 0) is 44.9 Å². The molecule has 2 amide bonds. The average Bonchev–Trinajstić information content (AvgIpc) is 3.44. The van der Waals surface area contributed by atoms with Gasteiger partial charge in [0.25, 0.3) is 11.8 Å². The molecule has 176 valence electrons. The molecule has 1 fully saturated rings. The molecule has 1 aliphatic rings. The zero-order chi connectivity index (χ0) is 24.1. The molecular formula is C25H26N4O5. The summed E-state index contributed by atoms with van der Waals surface area (Å²) < 4.78 is 13.6. The third-order valence-corrected chi connectivity index (χ3v) is 6.45. The van der Waals surface area contributed by atoms with E-state index in [1.165, 1.54) is 0 Å². The zero-order valence-corrected chi connectivity index (χ0v) is 19.5. The van der Waals surface area contributed by atoms with Crippen molar-refractivity contribution in [2.24, 2.45) is 0 Å². The molecule has 2 atom stereocenters. The number of rotatable bonds is 4. The first-order chi connectivity index (χ1) is 16.3. The largest absolute Gasteiger partial charge is 0.460 e. The highest BCUT2D eigenvalue weighted by Crippen LogP contribution is 2.34. The number of nitrogens with one attached hydrogen (secondary N) is 1. The highest BCUT2D eigenvalue weighted by molar-refractivity contribution is 6.07. The molecular weight excluding hydrogens is 436 g/mol. The van der Waals surface area contributed by atoms with E-state index in [4.69, 9.17) is 9.15 Å². The number of benzene rings is 1. The highest BCUT2D eigenvalue weighted by atomic mass is 16.5. The van der Waals surface area contributed by atoms with Gasteiger partial charge in [-0.3, -0.25) is 9.59 Å². The van der Waals surface area contributed by atoms with E-state index in [9.17, 15) is 14.7 Å². The van der Waals surface area contributed by atoms with Crippen LogP contribution in [0.25, 0.3) is 16.5 Å². The van der Waals surface area contributed by atoms with Crippen molar-refractivity contribution < 1.29 is 23.8 Å². The molecule has 2 N–H and O–H groups in total. The van der Waals surface area contributed by atoms with E-state index >= 15 is 0 Å². The zero-order valence-electron chi connectivity index (χ0n) is 19.5. The van der Waals surface area contributed by atoms with Gasteiger partial charge in [-0.2, -0.15) is 5.10 Å². The monoisotopic (exact) mass is 462 g/mol. The maximum absolute atomic E-state index is 13.2. The maximum Gasteiger partial charge on any atom is 0.256 e.